The number of rotatable bonds is 8. The van der Waals surface area contributed by atoms with Gasteiger partial charge < -0.3 is 19.7 Å². The van der Waals surface area contributed by atoms with E-state index in [0.29, 0.717) is 28.5 Å². The van der Waals surface area contributed by atoms with Gasteiger partial charge in [-0.2, -0.15) is 0 Å². The Morgan fingerprint density at radius 1 is 1.10 bits per heavy atom. The molecule has 0 unspecified atom stereocenters. The number of esters is 1. The van der Waals surface area contributed by atoms with E-state index in [-0.39, 0.29) is 11.5 Å². The normalized spacial score (nSPS) is 10.7. The zero-order valence-corrected chi connectivity index (χ0v) is 18.6. The number of carbonyl (C=O) groups excluding carboxylic acids is 3. The second kappa shape index (κ2) is 10.6. The molecule has 0 aliphatic rings. The predicted molar refractivity (Wildman–Crippen MR) is 118 cm³/mol. The quantitative estimate of drug-likeness (QED) is 0.506. The zero-order valence-electron chi connectivity index (χ0n) is 17.8. The summed E-state index contributed by atoms with van der Waals surface area (Å²) >= 11 is 1.08. The molecule has 2 aromatic rings. The summed E-state index contributed by atoms with van der Waals surface area (Å²) in [5, 5.41) is 3.00. The Labute approximate surface area is 180 Å². The Morgan fingerprint density at radius 3 is 2.27 bits per heavy atom. The van der Waals surface area contributed by atoms with Gasteiger partial charge in [0.1, 0.15) is 10.8 Å². The second-order valence-electron chi connectivity index (χ2n) is 6.33. The number of amides is 2. The van der Waals surface area contributed by atoms with Gasteiger partial charge in [-0.3, -0.25) is 9.59 Å². The lowest BCUT2D eigenvalue weighted by Gasteiger charge is -2.17. The molecule has 0 saturated carbocycles. The third kappa shape index (κ3) is 5.27. The van der Waals surface area contributed by atoms with Gasteiger partial charge in [0.05, 0.1) is 24.7 Å². The standard InChI is InChI=1S/C22H26N2O5S/c1-6-24(7-2)21(26)19-14(3)18(22(27)29-5)20(30-19)23-17(25)13-10-15-8-11-16(28-4)12-9-15/h8-13H,6-7H2,1-5H3,(H,23,25). The maximum absolute atomic E-state index is 12.8. The molecule has 2 rings (SSSR count). The van der Waals surface area contributed by atoms with Crippen molar-refractivity contribution < 1.29 is 23.9 Å². The number of hydrogen-bond donors (Lipinski definition) is 1. The first kappa shape index (κ1) is 23.2. The van der Waals surface area contributed by atoms with Crippen LogP contribution in [0, 0.1) is 6.92 Å². The lowest BCUT2D eigenvalue weighted by molar-refractivity contribution is -0.111. The van der Waals surface area contributed by atoms with Crippen molar-refractivity contribution in [3.63, 3.8) is 0 Å². The number of nitrogens with one attached hydrogen (secondary N) is 1. The monoisotopic (exact) mass is 430 g/mol. The molecule has 30 heavy (non-hydrogen) atoms. The van der Waals surface area contributed by atoms with E-state index in [1.165, 1.54) is 13.2 Å². The summed E-state index contributed by atoms with van der Waals surface area (Å²) in [5.41, 5.74) is 1.52. The lowest BCUT2D eigenvalue weighted by Crippen LogP contribution is -2.30. The smallest absolute Gasteiger partial charge is 0.341 e. The average Bonchev–Trinajstić information content (AvgIpc) is 3.08. The van der Waals surface area contributed by atoms with E-state index in [1.807, 2.05) is 26.0 Å². The van der Waals surface area contributed by atoms with Crippen molar-refractivity contribution in [3.8, 4) is 5.75 Å². The van der Waals surface area contributed by atoms with Crippen molar-refractivity contribution in [1.82, 2.24) is 4.90 Å². The fraction of sp³-hybridized carbons (Fsp3) is 0.318. The molecule has 0 fully saturated rings. The molecule has 0 bridgehead atoms. The van der Waals surface area contributed by atoms with Gasteiger partial charge in [-0.05, 0) is 50.1 Å². The maximum atomic E-state index is 12.8. The van der Waals surface area contributed by atoms with Crippen LogP contribution >= 0.6 is 11.3 Å². The molecule has 1 heterocycles. The molecule has 1 aromatic carbocycles. The molecular weight excluding hydrogens is 404 g/mol. The molecule has 0 aliphatic carbocycles. The second-order valence-corrected chi connectivity index (χ2v) is 7.35. The average molecular weight is 431 g/mol. The highest BCUT2D eigenvalue weighted by atomic mass is 32.1. The fourth-order valence-electron chi connectivity index (χ4n) is 2.85. The first-order chi connectivity index (χ1) is 14.4. The van der Waals surface area contributed by atoms with Crippen molar-refractivity contribution in [3.05, 3.63) is 51.9 Å². The molecule has 0 aliphatic heterocycles. The molecule has 1 N–H and O–H groups in total. The van der Waals surface area contributed by atoms with E-state index in [9.17, 15) is 14.4 Å². The van der Waals surface area contributed by atoms with Gasteiger partial charge in [0.2, 0.25) is 5.91 Å². The van der Waals surface area contributed by atoms with Crippen LogP contribution in [-0.2, 0) is 9.53 Å². The van der Waals surface area contributed by atoms with Crippen LogP contribution in [0.1, 0.15) is 45.0 Å². The number of carbonyl (C=O) groups is 3. The highest BCUT2D eigenvalue weighted by Gasteiger charge is 2.27. The number of ether oxygens (including phenoxy) is 2. The third-order valence-electron chi connectivity index (χ3n) is 4.56. The zero-order chi connectivity index (χ0) is 22.3. The van der Waals surface area contributed by atoms with E-state index in [2.05, 4.69) is 5.32 Å². The molecule has 0 radical (unpaired) electrons. The van der Waals surface area contributed by atoms with Crippen LogP contribution in [0.2, 0.25) is 0 Å². The Kier molecular flexibility index (Phi) is 8.17. The van der Waals surface area contributed by atoms with Crippen LogP contribution in [0.4, 0.5) is 5.00 Å². The van der Waals surface area contributed by atoms with Gasteiger partial charge in [-0.15, -0.1) is 11.3 Å². The highest BCUT2D eigenvalue weighted by Crippen LogP contribution is 2.34. The van der Waals surface area contributed by atoms with Crippen LogP contribution in [0.5, 0.6) is 5.75 Å². The minimum Gasteiger partial charge on any atom is -0.497 e. The van der Waals surface area contributed by atoms with Crippen LogP contribution < -0.4 is 10.1 Å². The molecule has 1 aromatic heterocycles. The molecule has 7 nitrogen and oxygen atoms in total. The summed E-state index contributed by atoms with van der Waals surface area (Å²) in [6.07, 6.45) is 3.01. The topological polar surface area (TPSA) is 84.9 Å². The Hall–Kier alpha value is -3.13. The molecule has 160 valence electrons. The van der Waals surface area contributed by atoms with Crippen LogP contribution in [0.15, 0.2) is 30.3 Å². The summed E-state index contributed by atoms with van der Waals surface area (Å²) in [6, 6.07) is 7.22. The minimum absolute atomic E-state index is 0.179. The minimum atomic E-state index is -0.600. The molecule has 0 saturated heterocycles. The van der Waals surface area contributed by atoms with Crippen molar-refractivity contribution >= 4 is 40.2 Å². The first-order valence-corrected chi connectivity index (χ1v) is 10.3. The third-order valence-corrected chi connectivity index (χ3v) is 5.76. The fourth-order valence-corrected chi connectivity index (χ4v) is 4.01. The van der Waals surface area contributed by atoms with E-state index in [0.717, 1.165) is 22.6 Å². The Morgan fingerprint density at radius 2 is 1.73 bits per heavy atom. The summed E-state index contributed by atoms with van der Waals surface area (Å²) in [6.45, 7) is 6.55. The lowest BCUT2D eigenvalue weighted by atomic mass is 10.1. The van der Waals surface area contributed by atoms with Crippen molar-refractivity contribution in [2.75, 3.05) is 32.6 Å². The number of nitrogens with zero attached hydrogens (tertiary/aromatic N) is 1. The van der Waals surface area contributed by atoms with Gasteiger partial charge in [-0.1, -0.05) is 12.1 Å². The summed E-state index contributed by atoms with van der Waals surface area (Å²) in [7, 11) is 2.85. The van der Waals surface area contributed by atoms with Crippen molar-refractivity contribution in [1.29, 1.82) is 0 Å². The summed E-state index contributed by atoms with van der Waals surface area (Å²) in [5.74, 6) is -0.475. The predicted octanol–water partition coefficient (Wildman–Crippen LogP) is 3.99. The van der Waals surface area contributed by atoms with Gasteiger partial charge in [0.25, 0.3) is 5.91 Å². The molecule has 2 amide bonds. The molecule has 0 spiro atoms. The maximum Gasteiger partial charge on any atom is 0.341 e. The first-order valence-electron chi connectivity index (χ1n) is 9.50. The number of anilines is 1. The van der Waals surface area contributed by atoms with E-state index >= 15 is 0 Å². The Bertz CT molecular complexity index is 943. The van der Waals surface area contributed by atoms with Crippen LogP contribution in [-0.4, -0.2) is 50.0 Å². The number of methoxy groups -OCH3 is 2. The van der Waals surface area contributed by atoms with Gasteiger partial charge >= 0.3 is 5.97 Å². The largest absolute Gasteiger partial charge is 0.497 e. The number of thiophene rings is 1. The number of benzene rings is 1. The van der Waals surface area contributed by atoms with E-state index in [4.69, 9.17) is 9.47 Å². The van der Waals surface area contributed by atoms with Crippen molar-refractivity contribution in [2.45, 2.75) is 20.8 Å². The SMILES string of the molecule is CCN(CC)C(=O)c1sc(NC(=O)C=Cc2ccc(OC)cc2)c(C(=O)OC)c1C. The summed E-state index contributed by atoms with van der Waals surface area (Å²) in [4.78, 5) is 39.6. The van der Waals surface area contributed by atoms with Gasteiger partial charge in [-0.25, -0.2) is 4.79 Å². The van der Waals surface area contributed by atoms with Gasteiger partial charge in [0, 0.05) is 19.2 Å². The van der Waals surface area contributed by atoms with Gasteiger partial charge in [0.15, 0.2) is 0 Å². The molecule has 8 heteroatoms. The van der Waals surface area contributed by atoms with E-state index < -0.39 is 11.9 Å². The highest BCUT2D eigenvalue weighted by molar-refractivity contribution is 7.18. The van der Waals surface area contributed by atoms with Crippen molar-refractivity contribution in [2.24, 2.45) is 0 Å². The van der Waals surface area contributed by atoms with Crippen LogP contribution in [0.25, 0.3) is 6.08 Å². The van der Waals surface area contributed by atoms with Crippen LogP contribution in [0.3, 0.4) is 0 Å². The Balaban J connectivity index is 2.29. The van der Waals surface area contributed by atoms with E-state index in [1.54, 1.807) is 37.1 Å². The molecule has 0 atom stereocenters. The summed E-state index contributed by atoms with van der Waals surface area (Å²) < 4.78 is 9.97. The molecular formula is C22H26N2O5S. The number of hydrogen-bond acceptors (Lipinski definition) is 6.